The molecular formula is C11H17N3OS. The Labute approximate surface area is 99.9 Å². The van der Waals surface area contributed by atoms with Gasteiger partial charge in [-0.05, 0) is 51.1 Å². The molecule has 0 aliphatic carbocycles. The Balaban J connectivity index is 1.84. The molecule has 0 bridgehead atoms. The van der Waals surface area contributed by atoms with E-state index in [-0.39, 0.29) is 5.56 Å². The highest BCUT2D eigenvalue weighted by Crippen LogP contribution is 2.07. The van der Waals surface area contributed by atoms with E-state index in [9.17, 15) is 4.79 Å². The van der Waals surface area contributed by atoms with Crippen molar-refractivity contribution in [1.29, 1.82) is 0 Å². The van der Waals surface area contributed by atoms with Crippen molar-refractivity contribution in [3.63, 3.8) is 0 Å². The first-order valence-electron chi connectivity index (χ1n) is 5.78. The molecule has 0 saturated carbocycles. The molecule has 0 radical (unpaired) electrons. The zero-order valence-corrected chi connectivity index (χ0v) is 10.1. The molecule has 4 nitrogen and oxygen atoms in total. The molecule has 1 saturated heterocycles. The number of likely N-dealkylation sites (tertiary alicyclic amines) is 1. The van der Waals surface area contributed by atoms with Crippen molar-refractivity contribution in [3.8, 4) is 0 Å². The minimum atomic E-state index is -0.124. The van der Waals surface area contributed by atoms with Crippen molar-refractivity contribution < 1.29 is 0 Å². The third kappa shape index (κ3) is 3.02. The third-order valence-corrected chi connectivity index (χ3v) is 3.31. The SMILES string of the molecule is O=c1ccn(CCCN2CCCC2)c(=S)[nH]1. The Kier molecular flexibility index (Phi) is 3.90. The van der Waals surface area contributed by atoms with Gasteiger partial charge < -0.3 is 9.47 Å². The summed E-state index contributed by atoms with van der Waals surface area (Å²) in [6.45, 7) is 4.47. The summed E-state index contributed by atoms with van der Waals surface area (Å²) in [4.78, 5) is 16.1. The lowest BCUT2D eigenvalue weighted by Gasteiger charge is -2.14. The number of H-pyrrole nitrogens is 1. The van der Waals surface area contributed by atoms with Gasteiger partial charge in [0.1, 0.15) is 0 Å². The van der Waals surface area contributed by atoms with Gasteiger partial charge in [-0.3, -0.25) is 9.78 Å². The summed E-state index contributed by atoms with van der Waals surface area (Å²) in [6.07, 6.45) is 5.52. The fourth-order valence-electron chi connectivity index (χ4n) is 2.09. The Bertz CT molecular complexity index is 445. The summed E-state index contributed by atoms with van der Waals surface area (Å²) in [5.74, 6) is 0. The van der Waals surface area contributed by atoms with Gasteiger partial charge in [-0.25, -0.2) is 0 Å². The molecule has 0 atom stereocenters. The molecule has 1 aliphatic heterocycles. The van der Waals surface area contributed by atoms with Crippen LogP contribution in [0.3, 0.4) is 0 Å². The van der Waals surface area contributed by atoms with Gasteiger partial charge in [0.05, 0.1) is 0 Å². The second-order valence-electron chi connectivity index (χ2n) is 4.21. The molecule has 1 N–H and O–H groups in total. The van der Waals surface area contributed by atoms with E-state index in [0.717, 1.165) is 19.5 Å². The molecule has 0 spiro atoms. The zero-order valence-electron chi connectivity index (χ0n) is 9.32. The molecule has 1 aliphatic rings. The quantitative estimate of drug-likeness (QED) is 0.807. The van der Waals surface area contributed by atoms with Crippen LogP contribution in [0.2, 0.25) is 0 Å². The third-order valence-electron chi connectivity index (χ3n) is 2.97. The fraction of sp³-hybridized carbons (Fsp3) is 0.636. The van der Waals surface area contributed by atoms with Gasteiger partial charge in [0.2, 0.25) is 0 Å². The summed E-state index contributed by atoms with van der Waals surface area (Å²) < 4.78 is 2.45. The molecule has 2 rings (SSSR count). The molecule has 88 valence electrons. The van der Waals surface area contributed by atoms with Crippen LogP contribution in [0.15, 0.2) is 17.1 Å². The first-order chi connectivity index (χ1) is 7.75. The summed E-state index contributed by atoms with van der Waals surface area (Å²) in [5.41, 5.74) is -0.124. The molecule has 0 amide bonds. The van der Waals surface area contributed by atoms with Crippen LogP contribution in [0, 0.1) is 4.77 Å². The molecule has 1 fully saturated rings. The highest BCUT2D eigenvalue weighted by Gasteiger charge is 2.10. The Hall–Kier alpha value is -0.940. The van der Waals surface area contributed by atoms with E-state index in [0.29, 0.717) is 4.77 Å². The fourth-order valence-corrected chi connectivity index (χ4v) is 2.34. The largest absolute Gasteiger partial charge is 0.325 e. The normalized spacial score (nSPS) is 16.8. The van der Waals surface area contributed by atoms with Crippen LogP contribution in [0.1, 0.15) is 19.3 Å². The number of aromatic nitrogens is 2. The van der Waals surface area contributed by atoms with Crippen molar-refractivity contribution in [3.05, 3.63) is 27.4 Å². The van der Waals surface area contributed by atoms with Crippen molar-refractivity contribution >= 4 is 12.2 Å². The first kappa shape index (κ1) is 11.5. The average molecular weight is 239 g/mol. The Morgan fingerprint density at radius 3 is 2.75 bits per heavy atom. The second kappa shape index (κ2) is 5.41. The maximum absolute atomic E-state index is 11.0. The predicted molar refractivity (Wildman–Crippen MR) is 66.2 cm³/mol. The van der Waals surface area contributed by atoms with Gasteiger partial charge in [-0.1, -0.05) is 0 Å². The number of hydrogen-bond acceptors (Lipinski definition) is 3. The Morgan fingerprint density at radius 1 is 1.31 bits per heavy atom. The summed E-state index contributed by atoms with van der Waals surface area (Å²) >= 11 is 5.08. The van der Waals surface area contributed by atoms with E-state index in [1.165, 1.54) is 32.0 Å². The van der Waals surface area contributed by atoms with Crippen LogP contribution in [-0.4, -0.2) is 34.1 Å². The summed E-state index contributed by atoms with van der Waals surface area (Å²) in [6, 6.07) is 1.52. The van der Waals surface area contributed by atoms with Crippen molar-refractivity contribution in [2.24, 2.45) is 0 Å². The van der Waals surface area contributed by atoms with Gasteiger partial charge >= 0.3 is 0 Å². The van der Waals surface area contributed by atoms with Gasteiger partial charge in [-0.15, -0.1) is 0 Å². The second-order valence-corrected chi connectivity index (χ2v) is 4.59. The minimum absolute atomic E-state index is 0.124. The van der Waals surface area contributed by atoms with Gasteiger partial charge in [0, 0.05) is 18.8 Å². The predicted octanol–water partition coefficient (Wildman–Crippen LogP) is 1.39. The molecule has 0 aromatic carbocycles. The number of nitrogens with zero attached hydrogens (tertiary/aromatic N) is 2. The first-order valence-corrected chi connectivity index (χ1v) is 6.19. The maximum atomic E-state index is 11.0. The highest BCUT2D eigenvalue weighted by atomic mass is 32.1. The molecule has 5 heteroatoms. The van der Waals surface area contributed by atoms with E-state index in [4.69, 9.17) is 12.2 Å². The van der Waals surface area contributed by atoms with Crippen LogP contribution in [-0.2, 0) is 6.54 Å². The smallest absolute Gasteiger partial charge is 0.251 e. The van der Waals surface area contributed by atoms with E-state index in [2.05, 4.69) is 9.88 Å². The van der Waals surface area contributed by atoms with Gasteiger partial charge in [0.15, 0.2) is 4.77 Å². The maximum Gasteiger partial charge on any atom is 0.251 e. The molecular weight excluding hydrogens is 222 g/mol. The standard InChI is InChI=1S/C11H17N3OS/c15-10-4-9-14(11(16)12-10)8-3-7-13-5-1-2-6-13/h4,9H,1-3,5-8H2,(H,12,15,16). The van der Waals surface area contributed by atoms with Gasteiger partial charge in [-0.2, -0.15) is 0 Å². The average Bonchev–Trinajstić information content (AvgIpc) is 2.74. The Morgan fingerprint density at radius 2 is 2.06 bits per heavy atom. The number of rotatable bonds is 4. The molecule has 2 heterocycles. The molecule has 1 aromatic rings. The topological polar surface area (TPSA) is 41.0 Å². The van der Waals surface area contributed by atoms with Crippen LogP contribution in [0.25, 0.3) is 0 Å². The van der Waals surface area contributed by atoms with Crippen molar-refractivity contribution in [1.82, 2.24) is 14.5 Å². The van der Waals surface area contributed by atoms with Crippen LogP contribution in [0.4, 0.5) is 0 Å². The lowest BCUT2D eigenvalue weighted by Crippen LogP contribution is -2.22. The van der Waals surface area contributed by atoms with E-state index in [1.54, 1.807) is 6.20 Å². The number of aromatic amines is 1. The lowest BCUT2D eigenvalue weighted by atomic mass is 10.4. The number of aryl methyl sites for hydroxylation is 1. The van der Waals surface area contributed by atoms with Crippen molar-refractivity contribution in [2.45, 2.75) is 25.8 Å². The van der Waals surface area contributed by atoms with Crippen LogP contribution in [0.5, 0.6) is 0 Å². The van der Waals surface area contributed by atoms with Crippen LogP contribution < -0.4 is 5.56 Å². The van der Waals surface area contributed by atoms with E-state index >= 15 is 0 Å². The lowest BCUT2D eigenvalue weighted by molar-refractivity contribution is 0.324. The van der Waals surface area contributed by atoms with Crippen LogP contribution >= 0.6 is 12.2 Å². The molecule has 16 heavy (non-hydrogen) atoms. The minimum Gasteiger partial charge on any atom is -0.325 e. The van der Waals surface area contributed by atoms with Gasteiger partial charge in [0.25, 0.3) is 5.56 Å². The zero-order chi connectivity index (χ0) is 11.4. The van der Waals surface area contributed by atoms with E-state index in [1.807, 2.05) is 4.57 Å². The van der Waals surface area contributed by atoms with E-state index < -0.39 is 0 Å². The molecule has 0 unspecified atom stereocenters. The number of nitrogens with one attached hydrogen (secondary N) is 1. The summed E-state index contributed by atoms with van der Waals surface area (Å²) in [5, 5.41) is 0. The monoisotopic (exact) mass is 239 g/mol. The van der Waals surface area contributed by atoms with Crippen molar-refractivity contribution in [2.75, 3.05) is 19.6 Å². The number of hydrogen-bond donors (Lipinski definition) is 1. The highest BCUT2D eigenvalue weighted by molar-refractivity contribution is 7.71. The summed E-state index contributed by atoms with van der Waals surface area (Å²) in [7, 11) is 0. The molecule has 1 aromatic heterocycles.